The number of carbonyl (C=O) groups is 3. The van der Waals surface area contributed by atoms with Crippen molar-refractivity contribution in [2.75, 3.05) is 25.5 Å². The Hall–Kier alpha value is -4.39. The summed E-state index contributed by atoms with van der Waals surface area (Å²) in [7, 11) is 1.57. The Bertz CT molecular complexity index is 1220. The van der Waals surface area contributed by atoms with E-state index in [-0.39, 0.29) is 11.8 Å². The molecule has 0 saturated carbocycles. The number of hydrogen-bond donors (Lipinski definition) is 1. The molecule has 190 valence electrons. The van der Waals surface area contributed by atoms with Gasteiger partial charge >= 0.3 is 5.97 Å². The molecule has 0 aromatic heterocycles. The normalized spacial score (nSPS) is 14.7. The van der Waals surface area contributed by atoms with Crippen LogP contribution < -0.4 is 10.1 Å². The lowest BCUT2D eigenvalue weighted by Crippen LogP contribution is -2.40. The van der Waals surface area contributed by atoms with Crippen LogP contribution in [0, 0.1) is 5.92 Å². The Morgan fingerprint density at radius 2 is 1.51 bits per heavy atom. The number of rotatable bonds is 8. The number of piperidine rings is 1. The molecule has 3 aromatic carbocycles. The van der Waals surface area contributed by atoms with Gasteiger partial charge in [-0.3, -0.25) is 14.4 Å². The van der Waals surface area contributed by atoms with Crippen molar-refractivity contribution in [3.8, 4) is 5.75 Å². The van der Waals surface area contributed by atoms with Crippen molar-refractivity contribution in [1.29, 1.82) is 0 Å². The SMILES string of the molecule is COc1ccc(NC(=O)C(OC(=O)C2CCN(C(=O)/C=C/c3ccccc3)CC2)c2ccccc2)cc1. The Balaban J connectivity index is 1.36. The molecule has 1 aliphatic rings. The topological polar surface area (TPSA) is 84.9 Å². The zero-order valence-corrected chi connectivity index (χ0v) is 20.7. The fourth-order valence-electron chi connectivity index (χ4n) is 4.17. The van der Waals surface area contributed by atoms with E-state index >= 15 is 0 Å². The summed E-state index contributed by atoms with van der Waals surface area (Å²) in [6.45, 7) is 0.900. The van der Waals surface area contributed by atoms with Crippen LogP contribution in [0.3, 0.4) is 0 Å². The van der Waals surface area contributed by atoms with Crippen LogP contribution in [0.4, 0.5) is 5.69 Å². The number of methoxy groups -OCH3 is 1. The van der Waals surface area contributed by atoms with E-state index in [1.54, 1.807) is 72.7 Å². The number of esters is 1. The van der Waals surface area contributed by atoms with E-state index in [1.807, 2.05) is 36.4 Å². The second kappa shape index (κ2) is 12.5. The molecule has 1 heterocycles. The number of nitrogens with zero attached hydrogens (tertiary/aromatic N) is 1. The van der Waals surface area contributed by atoms with Crippen LogP contribution in [0.25, 0.3) is 6.08 Å². The van der Waals surface area contributed by atoms with E-state index in [1.165, 1.54) is 0 Å². The highest BCUT2D eigenvalue weighted by Crippen LogP contribution is 2.26. The predicted octanol–water partition coefficient (Wildman–Crippen LogP) is 4.87. The largest absolute Gasteiger partial charge is 0.497 e. The molecule has 2 amide bonds. The summed E-state index contributed by atoms with van der Waals surface area (Å²) in [6.07, 6.45) is 3.21. The van der Waals surface area contributed by atoms with Crippen LogP contribution >= 0.6 is 0 Å². The Labute approximate surface area is 216 Å². The lowest BCUT2D eigenvalue weighted by molar-refractivity contribution is -0.160. The van der Waals surface area contributed by atoms with Crippen molar-refractivity contribution in [3.63, 3.8) is 0 Å². The average molecular weight is 499 g/mol. The molecule has 0 radical (unpaired) electrons. The van der Waals surface area contributed by atoms with E-state index in [0.717, 1.165) is 5.56 Å². The zero-order valence-electron chi connectivity index (χ0n) is 20.7. The third-order valence-electron chi connectivity index (χ3n) is 6.29. The van der Waals surface area contributed by atoms with Crippen molar-refractivity contribution in [2.45, 2.75) is 18.9 Å². The van der Waals surface area contributed by atoms with Crippen LogP contribution in [-0.2, 0) is 19.1 Å². The minimum Gasteiger partial charge on any atom is -0.497 e. The molecule has 3 aromatic rings. The maximum atomic E-state index is 13.1. The Kier molecular flexibility index (Phi) is 8.70. The van der Waals surface area contributed by atoms with Crippen LogP contribution in [0.2, 0.25) is 0 Å². The van der Waals surface area contributed by atoms with Crippen LogP contribution in [-0.4, -0.2) is 42.9 Å². The summed E-state index contributed by atoms with van der Waals surface area (Å²) < 4.78 is 10.9. The van der Waals surface area contributed by atoms with E-state index in [4.69, 9.17) is 9.47 Å². The standard InChI is InChI=1S/C30H30N2O5/c1-36-26-15-13-25(14-16-26)31-29(34)28(23-10-6-3-7-11-23)37-30(35)24-18-20-32(21-19-24)27(33)17-12-22-8-4-2-5-9-22/h2-17,24,28H,18-21H2,1H3,(H,31,34)/b17-12+. The van der Waals surface area contributed by atoms with Gasteiger partial charge in [-0.1, -0.05) is 60.7 Å². The molecule has 1 saturated heterocycles. The van der Waals surface area contributed by atoms with Gasteiger partial charge in [0.25, 0.3) is 5.91 Å². The summed E-state index contributed by atoms with van der Waals surface area (Å²) in [5.74, 6) is -0.683. The summed E-state index contributed by atoms with van der Waals surface area (Å²) in [5.41, 5.74) is 2.10. The van der Waals surface area contributed by atoms with Gasteiger partial charge in [-0.15, -0.1) is 0 Å². The van der Waals surface area contributed by atoms with Crippen LogP contribution in [0.5, 0.6) is 5.75 Å². The first-order valence-electron chi connectivity index (χ1n) is 12.3. The molecule has 1 N–H and O–H groups in total. The second-order valence-electron chi connectivity index (χ2n) is 8.79. The van der Waals surface area contributed by atoms with E-state index < -0.39 is 18.0 Å². The minimum absolute atomic E-state index is 0.0864. The minimum atomic E-state index is -1.09. The first-order valence-corrected chi connectivity index (χ1v) is 12.3. The number of benzene rings is 3. The quantitative estimate of drug-likeness (QED) is 0.354. The second-order valence-corrected chi connectivity index (χ2v) is 8.79. The highest BCUT2D eigenvalue weighted by atomic mass is 16.5. The van der Waals surface area contributed by atoms with Gasteiger partial charge in [0, 0.05) is 30.4 Å². The van der Waals surface area contributed by atoms with Crippen molar-refractivity contribution >= 4 is 29.5 Å². The van der Waals surface area contributed by atoms with Gasteiger partial charge in [0.15, 0.2) is 0 Å². The number of nitrogens with one attached hydrogen (secondary N) is 1. The first kappa shape index (κ1) is 25.7. The first-order chi connectivity index (χ1) is 18.0. The maximum absolute atomic E-state index is 13.1. The molecular formula is C30H30N2O5. The molecule has 1 atom stereocenters. The predicted molar refractivity (Wildman–Crippen MR) is 142 cm³/mol. The van der Waals surface area contributed by atoms with Crippen LogP contribution in [0.15, 0.2) is 91.0 Å². The molecule has 7 nitrogen and oxygen atoms in total. The lowest BCUT2D eigenvalue weighted by atomic mass is 9.96. The molecule has 4 rings (SSSR count). The monoisotopic (exact) mass is 498 g/mol. The van der Waals surface area contributed by atoms with E-state index in [9.17, 15) is 14.4 Å². The Morgan fingerprint density at radius 1 is 0.892 bits per heavy atom. The smallest absolute Gasteiger partial charge is 0.310 e. The van der Waals surface area contributed by atoms with Crippen LogP contribution in [0.1, 0.15) is 30.1 Å². The lowest BCUT2D eigenvalue weighted by Gasteiger charge is -2.31. The molecule has 1 unspecified atom stereocenters. The number of hydrogen-bond acceptors (Lipinski definition) is 5. The third-order valence-corrected chi connectivity index (χ3v) is 6.29. The van der Waals surface area contributed by atoms with Gasteiger partial charge in [-0.25, -0.2) is 0 Å². The van der Waals surface area contributed by atoms with Crippen molar-refractivity contribution in [2.24, 2.45) is 5.92 Å². The average Bonchev–Trinajstić information content (AvgIpc) is 2.96. The number of ether oxygens (including phenoxy) is 2. The molecular weight excluding hydrogens is 468 g/mol. The summed E-state index contributed by atoms with van der Waals surface area (Å²) in [5, 5.41) is 2.82. The molecule has 1 aliphatic heterocycles. The van der Waals surface area contributed by atoms with E-state index in [2.05, 4.69) is 5.32 Å². The highest BCUT2D eigenvalue weighted by Gasteiger charge is 2.32. The van der Waals surface area contributed by atoms with Gasteiger partial charge in [-0.05, 0) is 48.7 Å². The van der Waals surface area contributed by atoms with Crippen molar-refractivity contribution < 1.29 is 23.9 Å². The van der Waals surface area contributed by atoms with Gasteiger partial charge in [0.05, 0.1) is 13.0 Å². The fraction of sp³-hybridized carbons (Fsp3) is 0.233. The summed E-state index contributed by atoms with van der Waals surface area (Å²) in [4.78, 5) is 40.5. The molecule has 0 bridgehead atoms. The molecule has 1 fully saturated rings. The highest BCUT2D eigenvalue weighted by molar-refractivity contribution is 5.96. The molecule has 37 heavy (non-hydrogen) atoms. The summed E-state index contributed by atoms with van der Waals surface area (Å²) in [6, 6.07) is 25.5. The molecule has 0 spiro atoms. The van der Waals surface area contributed by atoms with Gasteiger partial charge < -0.3 is 19.7 Å². The summed E-state index contributed by atoms with van der Waals surface area (Å²) >= 11 is 0. The third kappa shape index (κ3) is 7.07. The van der Waals surface area contributed by atoms with E-state index in [0.29, 0.717) is 42.9 Å². The number of amides is 2. The van der Waals surface area contributed by atoms with Gasteiger partial charge in [0.1, 0.15) is 5.75 Å². The van der Waals surface area contributed by atoms with Crippen molar-refractivity contribution in [1.82, 2.24) is 4.90 Å². The van der Waals surface area contributed by atoms with Crippen molar-refractivity contribution in [3.05, 3.63) is 102 Å². The fourth-order valence-corrected chi connectivity index (χ4v) is 4.17. The molecule has 7 heteroatoms. The number of likely N-dealkylation sites (tertiary alicyclic amines) is 1. The number of carbonyl (C=O) groups excluding carboxylic acids is 3. The molecule has 0 aliphatic carbocycles. The van der Waals surface area contributed by atoms with Gasteiger partial charge in [-0.2, -0.15) is 0 Å². The zero-order chi connectivity index (χ0) is 26.0. The number of anilines is 1. The Morgan fingerprint density at radius 3 is 2.14 bits per heavy atom. The van der Waals surface area contributed by atoms with Gasteiger partial charge in [0.2, 0.25) is 12.0 Å². The maximum Gasteiger partial charge on any atom is 0.310 e.